The van der Waals surface area contributed by atoms with Crippen molar-refractivity contribution in [3.8, 4) is 0 Å². The minimum atomic E-state index is -0.106. The molecule has 1 atom stereocenters. The molecule has 3 rings (SSSR count). The molecule has 1 aliphatic heterocycles. The zero-order chi connectivity index (χ0) is 18.4. The predicted molar refractivity (Wildman–Crippen MR) is 106 cm³/mol. The number of benzene rings is 1. The lowest BCUT2D eigenvalue weighted by molar-refractivity contribution is -0.132. The van der Waals surface area contributed by atoms with Crippen molar-refractivity contribution in [1.29, 1.82) is 0 Å². The Morgan fingerprint density at radius 3 is 3.00 bits per heavy atom. The van der Waals surface area contributed by atoms with Crippen LogP contribution in [-0.4, -0.2) is 52.2 Å². The standard InChI is InChI=1S/C19H26N4O2S/c1-2-10-23(14-7-9-20-12-14)18(24)8-11-26-13-17-21-16-6-4-3-5-15(16)19(25)22-17/h3-6,14,20H,2,7-13H2,1H3,(H,21,22,25). The number of fused-ring (bicyclic) bond motifs is 1. The maximum absolute atomic E-state index is 12.6. The topological polar surface area (TPSA) is 78.1 Å². The second kappa shape index (κ2) is 9.19. The van der Waals surface area contributed by atoms with Crippen molar-refractivity contribution in [3.05, 3.63) is 40.4 Å². The SMILES string of the molecule is CCCN(C(=O)CCSCc1nc2ccccc2c(=O)[nH]1)C1CCNC1. The van der Waals surface area contributed by atoms with Crippen LogP contribution in [0.1, 0.15) is 32.0 Å². The molecule has 1 saturated heterocycles. The molecule has 2 aromatic rings. The number of aromatic amines is 1. The van der Waals surface area contributed by atoms with Gasteiger partial charge in [-0.25, -0.2) is 4.98 Å². The smallest absolute Gasteiger partial charge is 0.258 e. The van der Waals surface area contributed by atoms with E-state index in [0.717, 1.165) is 38.2 Å². The lowest BCUT2D eigenvalue weighted by Gasteiger charge is -2.28. The number of para-hydroxylation sites is 1. The summed E-state index contributed by atoms with van der Waals surface area (Å²) >= 11 is 1.63. The lowest BCUT2D eigenvalue weighted by Crippen LogP contribution is -2.42. The Kier molecular flexibility index (Phi) is 6.68. The highest BCUT2D eigenvalue weighted by Gasteiger charge is 2.25. The van der Waals surface area contributed by atoms with Gasteiger partial charge in [0.15, 0.2) is 0 Å². The van der Waals surface area contributed by atoms with E-state index in [1.807, 2.05) is 23.1 Å². The van der Waals surface area contributed by atoms with Gasteiger partial charge < -0.3 is 15.2 Å². The van der Waals surface area contributed by atoms with Crippen molar-refractivity contribution in [2.75, 3.05) is 25.4 Å². The summed E-state index contributed by atoms with van der Waals surface area (Å²) in [5.41, 5.74) is 0.607. The Morgan fingerprint density at radius 2 is 2.23 bits per heavy atom. The van der Waals surface area contributed by atoms with Crippen molar-refractivity contribution >= 4 is 28.6 Å². The zero-order valence-corrected chi connectivity index (χ0v) is 16.0. The summed E-state index contributed by atoms with van der Waals surface area (Å²) in [6.07, 6.45) is 2.55. The number of H-pyrrole nitrogens is 1. The van der Waals surface area contributed by atoms with Crippen LogP contribution in [0.4, 0.5) is 0 Å². The molecular weight excluding hydrogens is 348 g/mol. The van der Waals surface area contributed by atoms with E-state index in [0.29, 0.717) is 34.9 Å². The number of rotatable bonds is 8. The summed E-state index contributed by atoms with van der Waals surface area (Å²) < 4.78 is 0. The second-order valence-electron chi connectivity index (χ2n) is 6.57. The highest BCUT2D eigenvalue weighted by molar-refractivity contribution is 7.98. The first kappa shape index (κ1) is 18.9. The van der Waals surface area contributed by atoms with Gasteiger partial charge in [0.05, 0.1) is 16.7 Å². The molecular formula is C19H26N4O2S. The summed E-state index contributed by atoms with van der Waals surface area (Å²) in [6, 6.07) is 7.68. The molecule has 0 bridgehead atoms. The van der Waals surface area contributed by atoms with Gasteiger partial charge >= 0.3 is 0 Å². The van der Waals surface area contributed by atoms with Crippen LogP contribution in [0.5, 0.6) is 0 Å². The minimum absolute atomic E-state index is 0.106. The molecule has 7 heteroatoms. The molecule has 26 heavy (non-hydrogen) atoms. The van der Waals surface area contributed by atoms with Gasteiger partial charge in [0.2, 0.25) is 5.91 Å². The summed E-state index contributed by atoms with van der Waals surface area (Å²) in [7, 11) is 0. The van der Waals surface area contributed by atoms with E-state index in [2.05, 4.69) is 22.2 Å². The summed E-state index contributed by atoms with van der Waals surface area (Å²) in [6.45, 7) is 4.84. The summed E-state index contributed by atoms with van der Waals surface area (Å²) in [4.78, 5) is 34.0. The van der Waals surface area contributed by atoms with Gasteiger partial charge in [-0.3, -0.25) is 9.59 Å². The van der Waals surface area contributed by atoms with Crippen LogP contribution in [0.2, 0.25) is 0 Å². The second-order valence-corrected chi connectivity index (χ2v) is 7.67. The Morgan fingerprint density at radius 1 is 1.38 bits per heavy atom. The van der Waals surface area contributed by atoms with Gasteiger partial charge in [-0.15, -0.1) is 0 Å². The third-order valence-electron chi connectivity index (χ3n) is 4.62. The first-order valence-corrected chi connectivity index (χ1v) is 10.4. The van der Waals surface area contributed by atoms with Crippen molar-refractivity contribution in [2.24, 2.45) is 0 Å². The lowest BCUT2D eigenvalue weighted by atomic mass is 10.2. The third-order valence-corrected chi connectivity index (χ3v) is 5.59. The number of aromatic nitrogens is 2. The quantitative estimate of drug-likeness (QED) is 0.692. The Hall–Kier alpha value is -1.86. The van der Waals surface area contributed by atoms with Crippen LogP contribution >= 0.6 is 11.8 Å². The number of thioether (sulfide) groups is 1. The van der Waals surface area contributed by atoms with Crippen LogP contribution < -0.4 is 10.9 Å². The average molecular weight is 375 g/mol. The molecule has 0 saturated carbocycles. The van der Waals surface area contributed by atoms with Gasteiger partial charge in [0, 0.05) is 31.3 Å². The number of nitrogens with zero attached hydrogens (tertiary/aromatic N) is 2. The molecule has 0 radical (unpaired) electrons. The number of carbonyl (C=O) groups excluding carboxylic acids is 1. The van der Waals surface area contributed by atoms with Crippen LogP contribution in [0, 0.1) is 0 Å². The highest BCUT2D eigenvalue weighted by atomic mass is 32.2. The van der Waals surface area contributed by atoms with Crippen molar-refractivity contribution in [1.82, 2.24) is 20.2 Å². The fourth-order valence-electron chi connectivity index (χ4n) is 3.33. The monoisotopic (exact) mass is 374 g/mol. The van der Waals surface area contributed by atoms with Crippen molar-refractivity contribution in [2.45, 2.75) is 38.0 Å². The maximum atomic E-state index is 12.6. The molecule has 0 spiro atoms. The van der Waals surface area contributed by atoms with Crippen LogP contribution in [0.3, 0.4) is 0 Å². The first-order valence-electron chi connectivity index (χ1n) is 9.25. The number of hydrogen-bond donors (Lipinski definition) is 2. The van der Waals surface area contributed by atoms with E-state index in [-0.39, 0.29) is 11.5 Å². The largest absolute Gasteiger partial charge is 0.338 e. The number of hydrogen-bond acceptors (Lipinski definition) is 5. The first-order chi connectivity index (χ1) is 12.7. The highest BCUT2D eigenvalue weighted by Crippen LogP contribution is 2.15. The Labute approximate surface area is 157 Å². The molecule has 6 nitrogen and oxygen atoms in total. The zero-order valence-electron chi connectivity index (χ0n) is 15.2. The van der Waals surface area contributed by atoms with Crippen molar-refractivity contribution in [3.63, 3.8) is 0 Å². The molecule has 1 aromatic carbocycles. The fourth-order valence-corrected chi connectivity index (χ4v) is 4.13. The molecule has 0 aliphatic carbocycles. The Balaban J connectivity index is 1.51. The van der Waals surface area contributed by atoms with Gasteiger partial charge in [-0.2, -0.15) is 11.8 Å². The van der Waals surface area contributed by atoms with Crippen LogP contribution in [-0.2, 0) is 10.5 Å². The molecule has 1 aromatic heterocycles. The molecule has 140 valence electrons. The molecule has 1 fully saturated rings. The van der Waals surface area contributed by atoms with Crippen molar-refractivity contribution < 1.29 is 4.79 Å². The molecule has 2 heterocycles. The number of nitrogens with one attached hydrogen (secondary N) is 2. The van der Waals surface area contributed by atoms with Gasteiger partial charge in [-0.1, -0.05) is 19.1 Å². The minimum Gasteiger partial charge on any atom is -0.338 e. The van der Waals surface area contributed by atoms with E-state index in [1.54, 1.807) is 17.8 Å². The molecule has 1 unspecified atom stereocenters. The third kappa shape index (κ3) is 4.65. The predicted octanol–water partition coefficient (Wildman–Crippen LogP) is 2.15. The van der Waals surface area contributed by atoms with Gasteiger partial charge in [0.1, 0.15) is 5.82 Å². The summed E-state index contributed by atoms with van der Waals surface area (Å²) in [5, 5.41) is 3.94. The number of carbonyl (C=O) groups is 1. The van der Waals surface area contributed by atoms with E-state index < -0.39 is 0 Å². The van der Waals surface area contributed by atoms with E-state index in [9.17, 15) is 9.59 Å². The van der Waals surface area contributed by atoms with E-state index in [1.165, 1.54) is 0 Å². The van der Waals surface area contributed by atoms with Crippen LogP contribution in [0.25, 0.3) is 10.9 Å². The fraction of sp³-hybridized carbons (Fsp3) is 0.526. The molecule has 1 amide bonds. The summed E-state index contributed by atoms with van der Waals surface area (Å²) in [5.74, 6) is 2.23. The van der Waals surface area contributed by atoms with Crippen LogP contribution in [0.15, 0.2) is 29.1 Å². The van der Waals surface area contributed by atoms with Gasteiger partial charge in [-0.05, 0) is 31.5 Å². The maximum Gasteiger partial charge on any atom is 0.258 e. The Bertz CT molecular complexity index is 801. The molecule has 1 aliphatic rings. The van der Waals surface area contributed by atoms with E-state index >= 15 is 0 Å². The van der Waals surface area contributed by atoms with E-state index in [4.69, 9.17) is 0 Å². The molecule has 2 N–H and O–H groups in total. The number of amides is 1. The average Bonchev–Trinajstić information content (AvgIpc) is 3.17. The van der Waals surface area contributed by atoms with Gasteiger partial charge in [0.25, 0.3) is 5.56 Å². The normalized spacial score (nSPS) is 16.9.